The van der Waals surface area contributed by atoms with Crippen LogP contribution in [0.2, 0.25) is 0 Å². The molecule has 1 aliphatic heterocycles. The molecule has 0 N–H and O–H groups in total. The molecule has 1 saturated heterocycles. The molecule has 1 aliphatic rings. The molecule has 0 aliphatic carbocycles. The van der Waals surface area contributed by atoms with Crippen LogP contribution in [0.5, 0.6) is 11.5 Å². The summed E-state index contributed by atoms with van der Waals surface area (Å²) in [5.74, 6) is 1.26. The molecule has 0 unspecified atom stereocenters. The summed E-state index contributed by atoms with van der Waals surface area (Å²) in [6.45, 7) is 1.63. The van der Waals surface area contributed by atoms with Crippen molar-refractivity contribution in [2.45, 2.75) is 0 Å². The molecule has 22 heavy (non-hydrogen) atoms. The summed E-state index contributed by atoms with van der Waals surface area (Å²) in [7, 11) is 3.27. The van der Waals surface area contributed by atoms with Crippen LogP contribution in [0, 0.1) is 0 Å². The highest BCUT2D eigenvalue weighted by Crippen LogP contribution is 2.18. The van der Waals surface area contributed by atoms with Crippen LogP contribution in [0.4, 0.5) is 4.79 Å². The van der Waals surface area contributed by atoms with Crippen molar-refractivity contribution in [2.24, 2.45) is 0 Å². The second-order valence-electron chi connectivity index (χ2n) is 4.88. The average molecular weight is 308 g/mol. The quantitative estimate of drug-likeness (QED) is 0.751. The number of amides is 2. The van der Waals surface area contributed by atoms with Gasteiger partial charge in [0.1, 0.15) is 31.3 Å². The molecule has 0 atom stereocenters. The van der Waals surface area contributed by atoms with Crippen molar-refractivity contribution in [3.63, 3.8) is 0 Å². The summed E-state index contributed by atoms with van der Waals surface area (Å²) in [4.78, 5) is 26.2. The standard InChI is InChI=1S/C15H20N2O5/c1-16(14(18)11-17-7-9-22-15(17)19)6-8-21-13-5-3-4-12(10-13)20-2/h3-5,10H,6-9,11H2,1-2H3. The van der Waals surface area contributed by atoms with Crippen LogP contribution in [0.1, 0.15) is 0 Å². The molecule has 0 radical (unpaired) electrons. The molecular formula is C15H20N2O5. The Bertz CT molecular complexity index is 534. The fourth-order valence-electron chi connectivity index (χ4n) is 1.97. The maximum atomic E-state index is 12.0. The summed E-state index contributed by atoms with van der Waals surface area (Å²) >= 11 is 0. The Morgan fingerprint density at radius 3 is 2.86 bits per heavy atom. The number of carbonyl (C=O) groups is 2. The van der Waals surface area contributed by atoms with Gasteiger partial charge in [-0.1, -0.05) is 6.07 Å². The van der Waals surface area contributed by atoms with E-state index in [0.717, 1.165) is 5.75 Å². The van der Waals surface area contributed by atoms with E-state index in [9.17, 15) is 9.59 Å². The van der Waals surface area contributed by atoms with E-state index < -0.39 is 6.09 Å². The third-order valence-corrected chi connectivity index (χ3v) is 3.33. The SMILES string of the molecule is COc1cccc(OCCN(C)C(=O)CN2CCOC2=O)c1. The third-order valence-electron chi connectivity index (χ3n) is 3.33. The first-order chi connectivity index (χ1) is 10.6. The van der Waals surface area contributed by atoms with Gasteiger partial charge in [-0.15, -0.1) is 0 Å². The lowest BCUT2D eigenvalue weighted by Gasteiger charge is -2.20. The summed E-state index contributed by atoms with van der Waals surface area (Å²) < 4.78 is 15.5. The van der Waals surface area contributed by atoms with Crippen LogP contribution in [-0.4, -0.2) is 68.8 Å². The van der Waals surface area contributed by atoms with Crippen molar-refractivity contribution >= 4 is 12.0 Å². The Labute approximate surface area is 129 Å². The zero-order valence-corrected chi connectivity index (χ0v) is 12.8. The number of benzene rings is 1. The van der Waals surface area contributed by atoms with E-state index in [1.165, 1.54) is 9.80 Å². The zero-order chi connectivity index (χ0) is 15.9. The van der Waals surface area contributed by atoms with Gasteiger partial charge in [-0.25, -0.2) is 4.79 Å². The maximum Gasteiger partial charge on any atom is 0.410 e. The van der Waals surface area contributed by atoms with Crippen LogP contribution < -0.4 is 9.47 Å². The van der Waals surface area contributed by atoms with Gasteiger partial charge in [0.25, 0.3) is 0 Å². The van der Waals surface area contributed by atoms with Crippen molar-refractivity contribution in [3.8, 4) is 11.5 Å². The molecular weight excluding hydrogens is 288 g/mol. The Morgan fingerprint density at radius 2 is 2.18 bits per heavy atom. The Kier molecular flexibility index (Phi) is 5.46. The minimum absolute atomic E-state index is 0.0362. The van der Waals surface area contributed by atoms with Gasteiger partial charge < -0.3 is 19.1 Å². The van der Waals surface area contributed by atoms with E-state index in [1.807, 2.05) is 18.2 Å². The van der Waals surface area contributed by atoms with Gasteiger partial charge in [0.15, 0.2) is 0 Å². The van der Waals surface area contributed by atoms with E-state index in [1.54, 1.807) is 20.2 Å². The first-order valence-corrected chi connectivity index (χ1v) is 7.02. The van der Waals surface area contributed by atoms with Gasteiger partial charge in [0, 0.05) is 13.1 Å². The normalized spacial score (nSPS) is 13.7. The minimum atomic E-state index is -0.436. The molecule has 1 fully saturated rings. The maximum absolute atomic E-state index is 12.0. The van der Waals surface area contributed by atoms with E-state index in [2.05, 4.69) is 0 Å². The van der Waals surface area contributed by atoms with E-state index in [-0.39, 0.29) is 12.5 Å². The highest BCUT2D eigenvalue weighted by atomic mass is 16.6. The fourth-order valence-corrected chi connectivity index (χ4v) is 1.97. The number of hydrogen-bond acceptors (Lipinski definition) is 5. The summed E-state index contributed by atoms with van der Waals surface area (Å²) in [6.07, 6.45) is -0.436. The molecule has 1 aromatic carbocycles. The molecule has 2 amide bonds. The van der Waals surface area contributed by atoms with Gasteiger partial charge in [-0.05, 0) is 12.1 Å². The largest absolute Gasteiger partial charge is 0.497 e. The molecule has 120 valence electrons. The average Bonchev–Trinajstić information content (AvgIpc) is 2.92. The Hall–Kier alpha value is -2.44. The molecule has 1 heterocycles. The molecule has 1 aromatic rings. The number of ether oxygens (including phenoxy) is 3. The van der Waals surface area contributed by atoms with Gasteiger partial charge in [-0.2, -0.15) is 0 Å². The lowest BCUT2D eigenvalue weighted by molar-refractivity contribution is -0.130. The number of carbonyl (C=O) groups excluding carboxylic acids is 2. The number of cyclic esters (lactones) is 1. The summed E-state index contributed by atoms with van der Waals surface area (Å²) in [5.41, 5.74) is 0. The fraction of sp³-hybridized carbons (Fsp3) is 0.467. The highest BCUT2D eigenvalue weighted by Gasteiger charge is 2.25. The number of likely N-dealkylation sites (N-methyl/N-ethyl adjacent to an activating group) is 1. The Balaban J connectivity index is 1.73. The second kappa shape index (κ2) is 7.53. The van der Waals surface area contributed by atoms with Crippen LogP contribution in [0.15, 0.2) is 24.3 Å². The van der Waals surface area contributed by atoms with Crippen LogP contribution in [0.25, 0.3) is 0 Å². The number of methoxy groups -OCH3 is 1. The molecule has 7 nitrogen and oxygen atoms in total. The van der Waals surface area contributed by atoms with Crippen molar-refractivity contribution in [1.82, 2.24) is 9.80 Å². The van der Waals surface area contributed by atoms with E-state index >= 15 is 0 Å². The predicted molar refractivity (Wildman–Crippen MR) is 79.0 cm³/mol. The van der Waals surface area contributed by atoms with Crippen LogP contribution in [-0.2, 0) is 9.53 Å². The molecule has 0 aromatic heterocycles. The number of hydrogen-bond donors (Lipinski definition) is 0. The summed E-state index contributed by atoms with van der Waals surface area (Å²) in [6, 6.07) is 7.27. The molecule has 0 bridgehead atoms. The highest BCUT2D eigenvalue weighted by molar-refractivity contribution is 5.82. The first-order valence-electron chi connectivity index (χ1n) is 7.02. The lowest BCUT2D eigenvalue weighted by atomic mass is 10.3. The molecule has 2 rings (SSSR count). The first kappa shape index (κ1) is 15.9. The van der Waals surface area contributed by atoms with Crippen molar-refractivity contribution < 1.29 is 23.8 Å². The third kappa shape index (κ3) is 4.28. The van der Waals surface area contributed by atoms with Gasteiger partial charge >= 0.3 is 6.09 Å². The van der Waals surface area contributed by atoms with Gasteiger partial charge in [0.05, 0.1) is 20.2 Å². The van der Waals surface area contributed by atoms with Crippen molar-refractivity contribution in [3.05, 3.63) is 24.3 Å². The minimum Gasteiger partial charge on any atom is -0.497 e. The molecule has 7 heteroatoms. The molecule has 0 spiro atoms. The smallest absolute Gasteiger partial charge is 0.410 e. The van der Waals surface area contributed by atoms with Crippen molar-refractivity contribution in [2.75, 3.05) is 47.0 Å². The van der Waals surface area contributed by atoms with Crippen LogP contribution in [0.3, 0.4) is 0 Å². The lowest BCUT2D eigenvalue weighted by Crippen LogP contribution is -2.40. The summed E-state index contributed by atoms with van der Waals surface area (Å²) in [5, 5.41) is 0. The number of nitrogens with zero attached hydrogens (tertiary/aromatic N) is 2. The van der Waals surface area contributed by atoms with E-state index in [0.29, 0.717) is 32.1 Å². The van der Waals surface area contributed by atoms with Crippen LogP contribution >= 0.6 is 0 Å². The number of rotatable bonds is 7. The van der Waals surface area contributed by atoms with Gasteiger partial charge in [-0.3, -0.25) is 9.69 Å². The van der Waals surface area contributed by atoms with E-state index in [4.69, 9.17) is 14.2 Å². The second-order valence-corrected chi connectivity index (χ2v) is 4.88. The monoisotopic (exact) mass is 308 g/mol. The van der Waals surface area contributed by atoms with Crippen molar-refractivity contribution in [1.29, 1.82) is 0 Å². The topological polar surface area (TPSA) is 68.3 Å². The molecule has 0 saturated carbocycles. The zero-order valence-electron chi connectivity index (χ0n) is 12.8. The Morgan fingerprint density at radius 1 is 1.41 bits per heavy atom. The predicted octanol–water partition coefficient (Wildman–Crippen LogP) is 0.985. The van der Waals surface area contributed by atoms with Gasteiger partial charge in [0.2, 0.25) is 5.91 Å².